The van der Waals surface area contributed by atoms with Crippen molar-refractivity contribution in [1.82, 2.24) is 10.6 Å². The van der Waals surface area contributed by atoms with E-state index in [2.05, 4.69) is 33.2 Å². The number of urea groups is 1. The highest BCUT2D eigenvalue weighted by atomic mass is 127. The molecule has 0 aliphatic carbocycles. The van der Waals surface area contributed by atoms with Crippen molar-refractivity contribution < 1.29 is 9.59 Å². The lowest BCUT2D eigenvalue weighted by Crippen LogP contribution is -2.43. The van der Waals surface area contributed by atoms with Gasteiger partial charge in [-0.2, -0.15) is 0 Å². The second-order valence-corrected chi connectivity index (χ2v) is 3.76. The summed E-state index contributed by atoms with van der Waals surface area (Å²) in [5.41, 5.74) is -0.682. The monoisotopic (exact) mass is 268 g/mol. The van der Waals surface area contributed by atoms with E-state index in [1.165, 1.54) is 0 Å². The molecule has 1 atom stereocenters. The minimum absolute atomic E-state index is 0.223. The van der Waals surface area contributed by atoms with Crippen LogP contribution in [0.1, 0.15) is 13.3 Å². The lowest BCUT2D eigenvalue weighted by Gasteiger charge is -2.18. The first kappa shape index (κ1) is 8.76. The number of alkyl halides is 1. The fourth-order valence-electron chi connectivity index (χ4n) is 0.945. The van der Waals surface area contributed by atoms with E-state index >= 15 is 0 Å². The quantitative estimate of drug-likeness (QED) is 0.433. The van der Waals surface area contributed by atoms with Crippen molar-refractivity contribution in [3.8, 4) is 0 Å². The highest BCUT2D eigenvalue weighted by Gasteiger charge is 2.40. The molecule has 3 amide bonds. The summed E-state index contributed by atoms with van der Waals surface area (Å²) in [5, 5.41) is 4.78. The number of amides is 3. The molecule has 1 unspecified atom stereocenters. The number of rotatable bonds is 2. The molecule has 5 heteroatoms. The first-order valence-electron chi connectivity index (χ1n) is 3.28. The van der Waals surface area contributed by atoms with Crippen LogP contribution >= 0.6 is 22.6 Å². The molecule has 1 saturated heterocycles. The maximum absolute atomic E-state index is 11.1. The Kier molecular flexibility index (Phi) is 2.36. The van der Waals surface area contributed by atoms with Crippen LogP contribution in [-0.2, 0) is 4.79 Å². The maximum atomic E-state index is 11.1. The normalized spacial score (nSPS) is 30.0. The third kappa shape index (κ3) is 1.63. The van der Waals surface area contributed by atoms with Crippen LogP contribution in [0.2, 0.25) is 0 Å². The predicted octanol–water partition coefficient (Wildman–Crippen LogP) is 0.410. The van der Waals surface area contributed by atoms with Crippen LogP contribution in [0.15, 0.2) is 0 Å². The summed E-state index contributed by atoms with van der Waals surface area (Å²) >= 11 is 2.17. The van der Waals surface area contributed by atoms with Gasteiger partial charge in [-0.15, -0.1) is 0 Å². The van der Waals surface area contributed by atoms with Crippen molar-refractivity contribution in [2.45, 2.75) is 18.9 Å². The van der Waals surface area contributed by atoms with Crippen molar-refractivity contribution in [3.63, 3.8) is 0 Å². The molecule has 1 aliphatic rings. The van der Waals surface area contributed by atoms with Gasteiger partial charge in [-0.05, 0) is 13.3 Å². The predicted molar refractivity (Wildman–Crippen MR) is 48.6 cm³/mol. The zero-order valence-electron chi connectivity index (χ0n) is 6.11. The van der Waals surface area contributed by atoms with Crippen LogP contribution in [0.5, 0.6) is 0 Å². The second kappa shape index (κ2) is 2.96. The molecule has 0 aromatic heterocycles. The van der Waals surface area contributed by atoms with Crippen LogP contribution in [0.3, 0.4) is 0 Å². The number of hydrogen-bond donors (Lipinski definition) is 2. The van der Waals surface area contributed by atoms with E-state index in [0.717, 1.165) is 4.43 Å². The van der Waals surface area contributed by atoms with Gasteiger partial charge in [-0.3, -0.25) is 10.1 Å². The fourth-order valence-corrected chi connectivity index (χ4v) is 2.02. The number of halogens is 1. The van der Waals surface area contributed by atoms with Gasteiger partial charge >= 0.3 is 6.03 Å². The van der Waals surface area contributed by atoms with Crippen molar-refractivity contribution in [1.29, 1.82) is 0 Å². The Labute approximate surface area is 78.2 Å². The summed E-state index contributed by atoms with van der Waals surface area (Å²) < 4.78 is 0.849. The summed E-state index contributed by atoms with van der Waals surface area (Å²) in [6, 6.07) is -0.387. The summed E-state index contributed by atoms with van der Waals surface area (Å²) in [6.45, 7) is 1.73. The maximum Gasteiger partial charge on any atom is 0.322 e. The molecule has 0 saturated carbocycles. The van der Waals surface area contributed by atoms with Gasteiger partial charge in [0.15, 0.2) is 0 Å². The van der Waals surface area contributed by atoms with Crippen LogP contribution in [0.4, 0.5) is 4.79 Å². The zero-order valence-corrected chi connectivity index (χ0v) is 8.27. The standard InChI is InChI=1S/C6H9IN2O2/c1-6(2-3-7)4(10)8-5(11)9-6/h2-3H2,1H3,(H2,8,9,10,11). The molecule has 0 radical (unpaired) electrons. The van der Waals surface area contributed by atoms with E-state index in [9.17, 15) is 9.59 Å². The SMILES string of the molecule is CC1(CCI)NC(=O)NC1=O. The molecule has 0 spiro atoms. The Morgan fingerprint density at radius 1 is 1.55 bits per heavy atom. The number of nitrogens with one attached hydrogen (secondary N) is 2. The number of imide groups is 1. The van der Waals surface area contributed by atoms with Crippen LogP contribution in [0, 0.1) is 0 Å². The molecule has 1 fully saturated rings. The van der Waals surface area contributed by atoms with Crippen LogP contribution < -0.4 is 10.6 Å². The van der Waals surface area contributed by atoms with E-state index in [-0.39, 0.29) is 11.9 Å². The third-order valence-electron chi connectivity index (χ3n) is 1.71. The average Bonchev–Trinajstić information content (AvgIpc) is 2.08. The second-order valence-electron chi connectivity index (χ2n) is 2.68. The highest BCUT2D eigenvalue weighted by Crippen LogP contribution is 2.15. The lowest BCUT2D eigenvalue weighted by molar-refractivity contribution is -0.123. The van der Waals surface area contributed by atoms with E-state index in [1.807, 2.05) is 0 Å². The van der Waals surface area contributed by atoms with Gasteiger partial charge in [0.1, 0.15) is 5.54 Å². The Bertz CT molecular complexity index is 207. The summed E-state index contributed by atoms with van der Waals surface area (Å²) in [6.07, 6.45) is 0.672. The molecule has 1 aliphatic heterocycles. The fraction of sp³-hybridized carbons (Fsp3) is 0.667. The Balaban J connectivity index is 2.70. The number of carbonyl (C=O) groups excluding carboxylic acids is 2. The van der Waals surface area contributed by atoms with Crippen LogP contribution in [0.25, 0.3) is 0 Å². The zero-order chi connectivity index (χ0) is 8.48. The van der Waals surface area contributed by atoms with Gasteiger partial charge in [-0.25, -0.2) is 4.79 Å². The molecule has 1 rings (SSSR count). The minimum Gasteiger partial charge on any atom is -0.324 e. The topological polar surface area (TPSA) is 58.2 Å². The van der Waals surface area contributed by atoms with E-state index in [1.54, 1.807) is 6.92 Å². The molecule has 2 N–H and O–H groups in total. The van der Waals surface area contributed by atoms with Crippen molar-refractivity contribution in [2.75, 3.05) is 4.43 Å². The Morgan fingerprint density at radius 3 is 2.55 bits per heavy atom. The Morgan fingerprint density at radius 2 is 2.18 bits per heavy atom. The van der Waals surface area contributed by atoms with Gasteiger partial charge in [0, 0.05) is 4.43 Å². The molecule has 0 bridgehead atoms. The first-order chi connectivity index (χ1) is 5.08. The molecule has 4 nitrogen and oxygen atoms in total. The molecule has 1 heterocycles. The molecule has 11 heavy (non-hydrogen) atoms. The summed E-state index contributed by atoms with van der Waals surface area (Å²) in [5.74, 6) is -0.223. The third-order valence-corrected chi connectivity index (χ3v) is 2.25. The molecule has 0 aromatic carbocycles. The van der Waals surface area contributed by atoms with E-state index in [0.29, 0.717) is 6.42 Å². The van der Waals surface area contributed by atoms with Crippen molar-refractivity contribution >= 4 is 34.5 Å². The summed E-state index contributed by atoms with van der Waals surface area (Å²) in [7, 11) is 0. The Hall–Kier alpha value is -0.330. The van der Waals surface area contributed by atoms with Gasteiger partial charge in [-0.1, -0.05) is 22.6 Å². The number of hydrogen-bond acceptors (Lipinski definition) is 2. The molecule has 62 valence electrons. The number of carbonyl (C=O) groups is 2. The van der Waals surface area contributed by atoms with Gasteiger partial charge in [0.2, 0.25) is 0 Å². The lowest BCUT2D eigenvalue weighted by atomic mass is 10.0. The van der Waals surface area contributed by atoms with Gasteiger partial charge in [0.05, 0.1) is 0 Å². The smallest absolute Gasteiger partial charge is 0.322 e. The molecular weight excluding hydrogens is 259 g/mol. The minimum atomic E-state index is -0.682. The molecule has 0 aromatic rings. The first-order valence-corrected chi connectivity index (χ1v) is 4.80. The van der Waals surface area contributed by atoms with Crippen molar-refractivity contribution in [2.24, 2.45) is 0 Å². The van der Waals surface area contributed by atoms with Gasteiger partial charge < -0.3 is 5.32 Å². The highest BCUT2D eigenvalue weighted by molar-refractivity contribution is 14.1. The average molecular weight is 268 g/mol. The molecular formula is C6H9IN2O2. The van der Waals surface area contributed by atoms with E-state index < -0.39 is 5.54 Å². The van der Waals surface area contributed by atoms with Crippen LogP contribution in [-0.4, -0.2) is 21.9 Å². The van der Waals surface area contributed by atoms with Crippen molar-refractivity contribution in [3.05, 3.63) is 0 Å². The van der Waals surface area contributed by atoms with Gasteiger partial charge in [0.25, 0.3) is 5.91 Å². The largest absolute Gasteiger partial charge is 0.324 e. The van der Waals surface area contributed by atoms with E-state index in [4.69, 9.17) is 0 Å². The summed E-state index contributed by atoms with van der Waals surface area (Å²) in [4.78, 5) is 21.8.